The van der Waals surface area contributed by atoms with Crippen LogP contribution in [0, 0.1) is 11.8 Å². The molecule has 0 bridgehead atoms. The van der Waals surface area contributed by atoms with Gasteiger partial charge in [-0.15, -0.1) is 0 Å². The molecule has 3 rings (SSSR count). The van der Waals surface area contributed by atoms with Gasteiger partial charge in [0.15, 0.2) is 5.96 Å². The zero-order valence-corrected chi connectivity index (χ0v) is 17.9. The van der Waals surface area contributed by atoms with E-state index in [1.54, 1.807) is 0 Å². The normalized spacial score (nSPS) is 23.3. The van der Waals surface area contributed by atoms with E-state index in [4.69, 9.17) is 10.7 Å². The average molecular weight is 400 g/mol. The minimum Gasteiger partial charge on any atom is -0.370 e. The molecule has 0 saturated carbocycles. The molecule has 2 heterocycles. The summed E-state index contributed by atoms with van der Waals surface area (Å²) in [6, 6.07) is 10.7. The number of nitrogens with two attached hydrogens (primary N) is 1. The number of nitrogens with zero attached hydrogens (tertiary/aromatic N) is 3. The molecule has 6 heteroatoms. The molecule has 2 fully saturated rings. The Morgan fingerprint density at radius 1 is 1.17 bits per heavy atom. The summed E-state index contributed by atoms with van der Waals surface area (Å²) in [7, 11) is 0. The van der Waals surface area contributed by atoms with Crippen molar-refractivity contribution in [2.45, 2.75) is 39.0 Å². The highest BCUT2D eigenvalue weighted by Crippen LogP contribution is 2.20. The number of benzene rings is 1. The number of piperidine rings is 1. The number of likely N-dealkylation sites (tertiary alicyclic amines) is 2. The predicted molar refractivity (Wildman–Crippen MR) is 119 cm³/mol. The quantitative estimate of drug-likeness (QED) is 0.519. The second-order valence-corrected chi connectivity index (χ2v) is 8.51. The number of aliphatic imine (C=N–C) groups is 1. The SMILES string of the molecule is CCNC(=NCC1CCN(CCc2ccccc2)C1)N1CCCC(CC(N)=O)C1. The maximum atomic E-state index is 11.3. The third kappa shape index (κ3) is 7.03. The van der Waals surface area contributed by atoms with E-state index < -0.39 is 0 Å². The van der Waals surface area contributed by atoms with E-state index in [-0.39, 0.29) is 5.91 Å². The number of primary amides is 1. The van der Waals surface area contributed by atoms with Gasteiger partial charge in [-0.2, -0.15) is 0 Å². The van der Waals surface area contributed by atoms with Gasteiger partial charge in [-0.25, -0.2) is 0 Å². The summed E-state index contributed by atoms with van der Waals surface area (Å²) < 4.78 is 0. The largest absolute Gasteiger partial charge is 0.370 e. The lowest BCUT2D eigenvalue weighted by atomic mass is 9.95. The summed E-state index contributed by atoms with van der Waals surface area (Å²) >= 11 is 0. The van der Waals surface area contributed by atoms with Crippen molar-refractivity contribution in [3.05, 3.63) is 35.9 Å². The molecule has 2 aliphatic heterocycles. The van der Waals surface area contributed by atoms with Crippen molar-refractivity contribution in [2.75, 3.05) is 45.8 Å². The maximum Gasteiger partial charge on any atom is 0.217 e. The molecule has 1 aromatic carbocycles. The van der Waals surface area contributed by atoms with E-state index in [1.165, 1.54) is 18.5 Å². The zero-order chi connectivity index (χ0) is 20.5. The van der Waals surface area contributed by atoms with Crippen LogP contribution in [0.5, 0.6) is 0 Å². The molecule has 160 valence electrons. The molecule has 2 aliphatic rings. The van der Waals surface area contributed by atoms with Gasteiger partial charge in [0.05, 0.1) is 0 Å². The number of rotatable bonds is 8. The van der Waals surface area contributed by atoms with Crippen molar-refractivity contribution in [3.63, 3.8) is 0 Å². The first-order chi connectivity index (χ1) is 14.1. The molecule has 3 N–H and O–H groups in total. The highest BCUT2D eigenvalue weighted by atomic mass is 16.1. The van der Waals surface area contributed by atoms with Gasteiger partial charge in [0.2, 0.25) is 5.91 Å². The first-order valence-corrected chi connectivity index (χ1v) is 11.2. The van der Waals surface area contributed by atoms with Crippen molar-refractivity contribution >= 4 is 11.9 Å². The molecule has 0 spiro atoms. The molecular formula is C23H37N5O. The van der Waals surface area contributed by atoms with Crippen molar-refractivity contribution in [1.82, 2.24) is 15.1 Å². The van der Waals surface area contributed by atoms with Crippen LogP contribution in [0.25, 0.3) is 0 Å². The summed E-state index contributed by atoms with van der Waals surface area (Å²) in [6.07, 6.45) is 5.00. The zero-order valence-electron chi connectivity index (χ0n) is 17.9. The number of hydrogen-bond donors (Lipinski definition) is 2. The molecule has 1 aromatic rings. The number of carbonyl (C=O) groups excluding carboxylic acids is 1. The monoisotopic (exact) mass is 399 g/mol. The van der Waals surface area contributed by atoms with Gasteiger partial charge in [-0.1, -0.05) is 30.3 Å². The van der Waals surface area contributed by atoms with Gasteiger partial charge in [-0.3, -0.25) is 9.79 Å². The fourth-order valence-corrected chi connectivity index (χ4v) is 4.55. The average Bonchev–Trinajstić information content (AvgIpc) is 3.18. The minimum absolute atomic E-state index is 0.194. The van der Waals surface area contributed by atoms with E-state index >= 15 is 0 Å². The standard InChI is InChI=1S/C23H37N5O/c1-2-25-23(28-12-6-9-20(18-28)15-22(24)29)26-16-21-11-14-27(17-21)13-10-19-7-4-3-5-8-19/h3-5,7-8,20-21H,2,6,9-18H2,1H3,(H2,24,29)(H,25,26). The van der Waals surface area contributed by atoms with Crippen LogP contribution in [0.15, 0.2) is 35.3 Å². The predicted octanol–water partition coefficient (Wildman–Crippen LogP) is 2.10. The molecule has 1 amide bonds. The first kappa shape index (κ1) is 21.6. The van der Waals surface area contributed by atoms with Crippen LogP contribution in [0.2, 0.25) is 0 Å². The van der Waals surface area contributed by atoms with Gasteiger partial charge in [-0.05, 0) is 56.6 Å². The number of hydrogen-bond acceptors (Lipinski definition) is 3. The number of carbonyl (C=O) groups is 1. The molecule has 2 atom stereocenters. The Hall–Kier alpha value is -2.08. The fourth-order valence-electron chi connectivity index (χ4n) is 4.55. The van der Waals surface area contributed by atoms with Gasteiger partial charge < -0.3 is 20.9 Å². The summed E-state index contributed by atoms with van der Waals surface area (Å²) in [5.74, 6) is 1.79. The van der Waals surface area contributed by atoms with E-state index in [1.807, 2.05) is 0 Å². The van der Waals surface area contributed by atoms with Gasteiger partial charge >= 0.3 is 0 Å². The summed E-state index contributed by atoms with van der Waals surface area (Å²) in [6.45, 7) is 9.18. The summed E-state index contributed by atoms with van der Waals surface area (Å²) in [5, 5.41) is 3.45. The van der Waals surface area contributed by atoms with Crippen LogP contribution in [0.4, 0.5) is 0 Å². The highest BCUT2D eigenvalue weighted by molar-refractivity contribution is 5.80. The van der Waals surface area contributed by atoms with Crippen LogP contribution in [-0.2, 0) is 11.2 Å². The Bertz CT molecular complexity index is 662. The van der Waals surface area contributed by atoms with Gasteiger partial charge in [0.25, 0.3) is 0 Å². The van der Waals surface area contributed by atoms with Gasteiger partial charge in [0.1, 0.15) is 0 Å². The van der Waals surface area contributed by atoms with Crippen LogP contribution in [-0.4, -0.2) is 67.5 Å². The highest BCUT2D eigenvalue weighted by Gasteiger charge is 2.25. The number of guanidine groups is 1. The first-order valence-electron chi connectivity index (χ1n) is 11.2. The molecule has 2 unspecified atom stereocenters. The Kier molecular flexibility index (Phi) is 8.35. The third-order valence-electron chi connectivity index (χ3n) is 6.07. The number of nitrogens with one attached hydrogen (secondary N) is 1. The minimum atomic E-state index is -0.194. The van der Waals surface area contributed by atoms with Crippen molar-refractivity contribution < 1.29 is 4.79 Å². The molecule has 6 nitrogen and oxygen atoms in total. The lowest BCUT2D eigenvalue weighted by molar-refractivity contribution is -0.119. The Morgan fingerprint density at radius 2 is 2.00 bits per heavy atom. The molecule has 2 saturated heterocycles. The van der Waals surface area contributed by atoms with E-state index in [2.05, 4.69) is 52.4 Å². The van der Waals surface area contributed by atoms with E-state index in [9.17, 15) is 4.79 Å². The van der Waals surface area contributed by atoms with Crippen molar-refractivity contribution in [2.24, 2.45) is 22.6 Å². The lowest BCUT2D eigenvalue weighted by Crippen LogP contribution is -2.47. The Balaban J connectivity index is 1.48. The molecule has 0 aliphatic carbocycles. The summed E-state index contributed by atoms with van der Waals surface area (Å²) in [4.78, 5) is 21.2. The maximum absolute atomic E-state index is 11.3. The Labute approximate surface area is 175 Å². The van der Waals surface area contributed by atoms with E-state index in [0.29, 0.717) is 18.3 Å². The van der Waals surface area contributed by atoms with Gasteiger partial charge in [0, 0.05) is 45.7 Å². The topological polar surface area (TPSA) is 74.0 Å². The Morgan fingerprint density at radius 3 is 2.76 bits per heavy atom. The van der Waals surface area contributed by atoms with Crippen molar-refractivity contribution in [3.8, 4) is 0 Å². The second kappa shape index (κ2) is 11.2. The third-order valence-corrected chi connectivity index (χ3v) is 6.07. The van der Waals surface area contributed by atoms with Crippen molar-refractivity contribution in [1.29, 1.82) is 0 Å². The fraction of sp³-hybridized carbons (Fsp3) is 0.652. The van der Waals surface area contributed by atoms with Crippen LogP contribution >= 0.6 is 0 Å². The van der Waals surface area contributed by atoms with Crippen LogP contribution in [0.3, 0.4) is 0 Å². The summed E-state index contributed by atoms with van der Waals surface area (Å²) in [5.41, 5.74) is 6.83. The van der Waals surface area contributed by atoms with E-state index in [0.717, 1.165) is 64.5 Å². The lowest BCUT2D eigenvalue weighted by Gasteiger charge is -2.34. The molecular weight excluding hydrogens is 362 g/mol. The van der Waals surface area contributed by atoms with Crippen LogP contribution < -0.4 is 11.1 Å². The van der Waals surface area contributed by atoms with Crippen LogP contribution in [0.1, 0.15) is 38.2 Å². The molecule has 29 heavy (non-hydrogen) atoms. The molecule has 0 aromatic heterocycles. The number of amides is 1. The smallest absolute Gasteiger partial charge is 0.217 e. The molecule has 0 radical (unpaired) electrons. The second-order valence-electron chi connectivity index (χ2n) is 8.51.